The zero-order valence-electron chi connectivity index (χ0n) is 18.1. The predicted octanol–water partition coefficient (Wildman–Crippen LogP) is 3.10. The van der Waals surface area contributed by atoms with Gasteiger partial charge in [-0.25, -0.2) is 0 Å². The van der Waals surface area contributed by atoms with Gasteiger partial charge in [-0.3, -0.25) is 19.3 Å². The smallest absolute Gasteiger partial charge is 0.243 e. The Balaban J connectivity index is 1.61. The van der Waals surface area contributed by atoms with Crippen LogP contribution in [0.15, 0.2) is 18.2 Å². The van der Waals surface area contributed by atoms with Gasteiger partial charge in [0, 0.05) is 0 Å². The monoisotopic (exact) mass is 432 g/mol. The van der Waals surface area contributed by atoms with Gasteiger partial charge in [-0.2, -0.15) is 11.8 Å². The third kappa shape index (κ3) is 4.82. The van der Waals surface area contributed by atoms with E-state index in [0.717, 1.165) is 42.6 Å². The van der Waals surface area contributed by atoms with Crippen molar-refractivity contribution >= 4 is 29.5 Å². The fraction of sp³-hybridized carbons (Fsp3) is 0.609. The molecule has 1 saturated carbocycles. The van der Waals surface area contributed by atoms with Crippen molar-refractivity contribution in [2.75, 3.05) is 25.2 Å². The highest BCUT2D eigenvalue weighted by Gasteiger charge is 2.51. The SMILES string of the molecule is CSCCC(C(=O)NCCOc1c(C)cccc1C)N1C(=O)C2CCCCC2C1=O. The maximum atomic E-state index is 13.0. The van der Waals surface area contributed by atoms with Crippen LogP contribution in [0.3, 0.4) is 0 Å². The number of likely N-dealkylation sites (tertiary alicyclic amines) is 1. The van der Waals surface area contributed by atoms with E-state index in [4.69, 9.17) is 4.74 Å². The summed E-state index contributed by atoms with van der Waals surface area (Å²) in [4.78, 5) is 40.1. The normalized spacial score (nSPS) is 22.0. The second kappa shape index (κ2) is 10.3. The first kappa shape index (κ1) is 22.7. The molecule has 3 atom stereocenters. The van der Waals surface area contributed by atoms with Crippen LogP contribution in [0.2, 0.25) is 0 Å². The number of hydrogen-bond donors (Lipinski definition) is 1. The molecular formula is C23H32N2O4S. The molecule has 1 aliphatic carbocycles. The lowest BCUT2D eigenvalue weighted by Gasteiger charge is -2.26. The molecule has 2 fully saturated rings. The van der Waals surface area contributed by atoms with Gasteiger partial charge in [0.1, 0.15) is 18.4 Å². The van der Waals surface area contributed by atoms with Gasteiger partial charge in [0.25, 0.3) is 0 Å². The molecule has 0 spiro atoms. The summed E-state index contributed by atoms with van der Waals surface area (Å²) in [5.74, 6) is 0.500. The van der Waals surface area contributed by atoms with Gasteiger partial charge in [-0.05, 0) is 56.2 Å². The van der Waals surface area contributed by atoms with Crippen LogP contribution in [-0.4, -0.2) is 53.8 Å². The molecule has 1 heterocycles. The van der Waals surface area contributed by atoms with E-state index >= 15 is 0 Å². The van der Waals surface area contributed by atoms with E-state index in [1.165, 1.54) is 4.90 Å². The molecule has 30 heavy (non-hydrogen) atoms. The van der Waals surface area contributed by atoms with Crippen LogP contribution in [-0.2, 0) is 14.4 Å². The largest absolute Gasteiger partial charge is 0.491 e. The third-order valence-electron chi connectivity index (χ3n) is 6.14. The summed E-state index contributed by atoms with van der Waals surface area (Å²) < 4.78 is 5.86. The summed E-state index contributed by atoms with van der Waals surface area (Å²) >= 11 is 1.61. The Morgan fingerprint density at radius 2 is 1.77 bits per heavy atom. The summed E-state index contributed by atoms with van der Waals surface area (Å²) in [5, 5.41) is 2.88. The first-order valence-corrected chi connectivity index (χ1v) is 12.2. The number of amides is 3. The van der Waals surface area contributed by atoms with E-state index in [1.54, 1.807) is 11.8 Å². The summed E-state index contributed by atoms with van der Waals surface area (Å²) in [5.41, 5.74) is 2.10. The van der Waals surface area contributed by atoms with Crippen molar-refractivity contribution in [3.8, 4) is 5.75 Å². The number of nitrogens with one attached hydrogen (secondary N) is 1. The molecule has 2 aliphatic rings. The molecule has 3 rings (SSSR count). The number of aryl methyl sites for hydroxylation is 2. The molecule has 7 heteroatoms. The van der Waals surface area contributed by atoms with Gasteiger partial charge >= 0.3 is 0 Å². The number of fused-ring (bicyclic) bond motifs is 1. The number of hydrogen-bond acceptors (Lipinski definition) is 5. The molecule has 1 aliphatic heterocycles. The quantitative estimate of drug-likeness (QED) is 0.479. The Labute approximate surface area is 183 Å². The average molecular weight is 433 g/mol. The summed E-state index contributed by atoms with van der Waals surface area (Å²) in [7, 11) is 0. The van der Waals surface area contributed by atoms with Crippen LogP contribution in [0.1, 0.15) is 43.2 Å². The molecule has 0 bridgehead atoms. The third-order valence-corrected chi connectivity index (χ3v) is 6.79. The zero-order valence-corrected chi connectivity index (χ0v) is 18.9. The lowest BCUT2D eigenvalue weighted by Crippen LogP contribution is -2.51. The minimum Gasteiger partial charge on any atom is -0.491 e. The number of para-hydroxylation sites is 1. The van der Waals surface area contributed by atoms with Crippen molar-refractivity contribution in [3.05, 3.63) is 29.3 Å². The van der Waals surface area contributed by atoms with Crippen molar-refractivity contribution in [1.82, 2.24) is 10.2 Å². The van der Waals surface area contributed by atoms with Gasteiger partial charge in [-0.1, -0.05) is 31.0 Å². The van der Waals surface area contributed by atoms with Crippen LogP contribution >= 0.6 is 11.8 Å². The van der Waals surface area contributed by atoms with Crippen molar-refractivity contribution in [2.45, 2.75) is 52.0 Å². The fourth-order valence-corrected chi connectivity index (χ4v) is 5.03. The lowest BCUT2D eigenvalue weighted by molar-refractivity contribution is -0.148. The van der Waals surface area contributed by atoms with Gasteiger partial charge in [0.2, 0.25) is 17.7 Å². The van der Waals surface area contributed by atoms with Crippen molar-refractivity contribution in [3.63, 3.8) is 0 Å². The minimum atomic E-state index is -0.733. The molecule has 6 nitrogen and oxygen atoms in total. The predicted molar refractivity (Wildman–Crippen MR) is 119 cm³/mol. The molecule has 1 aromatic rings. The van der Waals surface area contributed by atoms with Gasteiger partial charge < -0.3 is 10.1 Å². The summed E-state index contributed by atoms with van der Waals surface area (Å²) in [6, 6.07) is 5.23. The number of thioether (sulfide) groups is 1. The van der Waals surface area contributed by atoms with E-state index in [1.807, 2.05) is 38.3 Å². The summed E-state index contributed by atoms with van der Waals surface area (Å²) in [6.07, 6.45) is 5.90. The van der Waals surface area contributed by atoms with Gasteiger partial charge in [0.15, 0.2) is 0 Å². The standard InChI is InChI=1S/C23H32N2O4S/c1-15-7-6-8-16(2)20(15)29-13-12-24-21(26)19(11-14-30-3)25-22(27)17-9-4-5-10-18(17)23(25)28/h6-8,17-19H,4-5,9-14H2,1-3H3,(H,24,26). The Morgan fingerprint density at radius 1 is 1.17 bits per heavy atom. The zero-order chi connectivity index (χ0) is 21.7. The maximum Gasteiger partial charge on any atom is 0.243 e. The highest BCUT2D eigenvalue weighted by molar-refractivity contribution is 7.98. The van der Waals surface area contributed by atoms with Crippen molar-refractivity contribution in [2.24, 2.45) is 11.8 Å². The number of ether oxygens (including phenoxy) is 1. The minimum absolute atomic E-state index is 0.155. The fourth-order valence-electron chi connectivity index (χ4n) is 4.57. The molecule has 164 valence electrons. The first-order chi connectivity index (χ1) is 14.5. The molecule has 1 aromatic carbocycles. The average Bonchev–Trinajstić information content (AvgIpc) is 2.98. The number of benzene rings is 1. The van der Waals surface area contributed by atoms with Crippen LogP contribution in [0.4, 0.5) is 0 Å². The second-order valence-electron chi connectivity index (χ2n) is 8.20. The number of imide groups is 1. The van der Waals surface area contributed by atoms with E-state index in [2.05, 4.69) is 5.32 Å². The van der Waals surface area contributed by atoms with E-state index in [-0.39, 0.29) is 29.6 Å². The number of rotatable bonds is 9. The highest BCUT2D eigenvalue weighted by Crippen LogP contribution is 2.39. The van der Waals surface area contributed by atoms with Crippen LogP contribution in [0.5, 0.6) is 5.75 Å². The Hall–Kier alpha value is -2.02. The van der Waals surface area contributed by atoms with Crippen LogP contribution in [0, 0.1) is 25.7 Å². The van der Waals surface area contributed by atoms with Crippen LogP contribution < -0.4 is 10.1 Å². The lowest BCUT2D eigenvalue weighted by atomic mass is 9.81. The number of carbonyl (C=O) groups is 3. The van der Waals surface area contributed by atoms with E-state index in [0.29, 0.717) is 25.3 Å². The maximum absolute atomic E-state index is 13.0. The van der Waals surface area contributed by atoms with E-state index < -0.39 is 6.04 Å². The Bertz CT molecular complexity index is 753. The number of carbonyl (C=O) groups excluding carboxylic acids is 3. The molecular weight excluding hydrogens is 400 g/mol. The molecule has 0 aromatic heterocycles. The Kier molecular flexibility index (Phi) is 7.81. The van der Waals surface area contributed by atoms with Crippen molar-refractivity contribution < 1.29 is 19.1 Å². The van der Waals surface area contributed by atoms with E-state index in [9.17, 15) is 14.4 Å². The molecule has 1 N–H and O–H groups in total. The number of nitrogens with zero attached hydrogens (tertiary/aromatic N) is 1. The molecule has 1 saturated heterocycles. The van der Waals surface area contributed by atoms with Gasteiger partial charge in [-0.15, -0.1) is 0 Å². The van der Waals surface area contributed by atoms with Gasteiger partial charge in [0.05, 0.1) is 18.4 Å². The molecule has 0 radical (unpaired) electrons. The highest BCUT2D eigenvalue weighted by atomic mass is 32.2. The Morgan fingerprint density at radius 3 is 2.33 bits per heavy atom. The topological polar surface area (TPSA) is 75.7 Å². The van der Waals surface area contributed by atoms with Crippen molar-refractivity contribution in [1.29, 1.82) is 0 Å². The van der Waals surface area contributed by atoms with Crippen LogP contribution in [0.25, 0.3) is 0 Å². The molecule has 3 amide bonds. The summed E-state index contributed by atoms with van der Waals surface area (Å²) in [6.45, 7) is 4.64. The first-order valence-electron chi connectivity index (χ1n) is 10.8. The second-order valence-corrected chi connectivity index (χ2v) is 9.19. The molecule has 3 unspecified atom stereocenters.